The Bertz CT molecular complexity index is 1260. The van der Waals surface area contributed by atoms with Crippen LogP contribution in [0.4, 0.5) is 5.69 Å². The van der Waals surface area contributed by atoms with Crippen LogP contribution < -0.4 is 24.3 Å². The number of hydrogen-bond acceptors (Lipinski definition) is 8. The summed E-state index contributed by atoms with van der Waals surface area (Å²) in [6.45, 7) is 0.139. The smallest absolute Gasteiger partial charge is 0.278 e. The lowest BCUT2D eigenvalue weighted by Crippen LogP contribution is -2.31. The van der Waals surface area contributed by atoms with E-state index < -0.39 is 11.8 Å². The number of nitrogens with one attached hydrogen (secondary N) is 1. The van der Waals surface area contributed by atoms with E-state index >= 15 is 0 Å². The van der Waals surface area contributed by atoms with Gasteiger partial charge in [-0.1, -0.05) is 6.07 Å². The predicted octanol–water partition coefficient (Wildman–Crippen LogP) is 3.42. The highest BCUT2D eigenvalue weighted by atomic mass is 16.7. The summed E-state index contributed by atoms with van der Waals surface area (Å²) in [6.07, 6.45) is 1.49. The molecule has 33 heavy (non-hydrogen) atoms. The molecule has 3 aromatic rings. The molecule has 5 rings (SSSR count). The molecule has 0 bridgehead atoms. The Morgan fingerprint density at radius 2 is 1.76 bits per heavy atom. The molecule has 2 aromatic carbocycles. The van der Waals surface area contributed by atoms with E-state index in [1.165, 1.54) is 20.5 Å². The SMILES string of the molecule is COc1ccc(C2=C(Nc3ccc4c(c3)OCO4)C(=O)N(Cc3ccco3)C2=O)cc1OC. The number of ether oxygens (including phenoxy) is 4. The van der Waals surface area contributed by atoms with Crippen molar-refractivity contribution in [2.75, 3.05) is 26.3 Å². The number of nitrogens with zero attached hydrogens (tertiary/aromatic N) is 1. The van der Waals surface area contributed by atoms with Crippen molar-refractivity contribution in [3.05, 3.63) is 71.8 Å². The minimum atomic E-state index is -0.473. The molecule has 0 fully saturated rings. The summed E-state index contributed by atoms with van der Waals surface area (Å²) in [6, 6.07) is 13.7. The van der Waals surface area contributed by atoms with Crippen molar-refractivity contribution in [1.82, 2.24) is 4.90 Å². The third-order valence-corrected chi connectivity index (χ3v) is 5.38. The van der Waals surface area contributed by atoms with Gasteiger partial charge in [-0.15, -0.1) is 0 Å². The number of carbonyl (C=O) groups is 2. The lowest BCUT2D eigenvalue weighted by Gasteiger charge is -2.14. The lowest BCUT2D eigenvalue weighted by molar-refractivity contribution is -0.137. The number of imide groups is 1. The van der Waals surface area contributed by atoms with Gasteiger partial charge in [0, 0.05) is 11.8 Å². The molecule has 0 spiro atoms. The number of methoxy groups -OCH3 is 2. The topological polar surface area (TPSA) is 99.5 Å². The minimum Gasteiger partial charge on any atom is -0.493 e. The third-order valence-electron chi connectivity index (χ3n) is 5.38. The quantitative estimate of drug-likeness (QED) is 0.549. The molecule has 0 aliphatic carbocycles. The second-order valence-electron chi connectivity index (χ2n) is 7.29. The molecular weight excluding hydrogens is 428 g/mol. The molecule has 2 aliphatic heterocycles. The molecule has 9 nitrogen and oxygen atoms in total. The van der Waals surface area contributed by atoms with Gasteiger partial charge < -0.3 is 28.7 Å². The highest BCUT2D eigenvalue weighted by Crippen LogP contribution is 2.38. The van der Waals surface area contributed by atoms with Gasteiger partial charge in [-0.05, 0) is 42.0 Å². The summed E-state index contributed by atoms with van der Waals surface area (Å²) in [5.74, 6) is 1.69. The Labute approximate surface area is 189 Å². The largest absolute Gasteiger partial charge is 0.493 e. The highest BCUT2D eigenvalue weighted by molar-refractivity contribution is 6.36. The fourth-order valence-electron chi connectivity index (χ4n) is 3.77. The first kappa shape index (κ1) is 20.5. The van der Waals surface area contributed by atoms with Gasteiger partial charge in [0.15, 0.2) is 23.0 Å². The number of hydrogen-bond donors (Lipinski definition) is 1. The van der Waals surface area contributed by atoms with E-state index in [1.54, 1.807) is 48.5 Å². The summed E-state index contributed by atoms with van der Waals surface area (Å²) in [5, 5.41) is 3.10. The van der Waals surface area contributed by atoms with Crippen LogP contribution in [0.3, 0.4) is 0 Å². The Hall–Kier alpha value is -4.40. The van der Waals surface area contributed by atoms with Gasteiger partial charge in [0.05, 0.1) is 32.6 Å². The molecule has 3 heterocycles. The fraction of sp³-hybridized carbons (Fsp3) is 0.167. The lowest BCUT2D eigenvalue weighted by atomic mass is 10.0. The monoisotopic (exact) mass is 448 g/mol. The first-order valence-corrected chi connectivity index (χ1v) is 10.1. The van der Waals surface area contributed by atoms with E-state index in [9.17, 15) is 9.59 Å². The molecule has 0 unspecified atom stereocenters. The second kappa shape index (κ2) is 8.27. The number of carbonyl (C=O) groups excluding carboxylic acids is 2. The van der Waals surface area contributed by atoms with Crippen LogP contribution in [-0.4, -0.2) is 37.7 Å². The van der Waals surface area contributed by atoms with E-state index in [0.717, 1.165) is 4.90 Å². The molecule has 0 radical (unpaired) electrons. The van der Waals surface area contributed by atoms with E-state index in [1.807, 2.05) is 0 Å². The third kappa shape index (κ3) is 3.63. The first-order valence-electron chi connectivity index (χ1n) is 10.1. The van der Waals surface area contributed by atoms with Gasteiger partial charge in [0.25, 0.3) is 11.8 Å². The Balaban J connectivity index is 1.57. The molecule has 1 N–H and O–H groups in total. The Morgan fingerprint density at radius 3 is 2.52 bits per heavy atom. The number of fused-ring (bicyclic) bond motifs is 1. The summed E-state index contributed by atoms with van der Waals surface area (Å²) in [5.41, 5.74) is 1.44. The van der Waals surface area contributed by atoms with Crippen LogP contribution >= 0.6 is 0 Å². The van der Waals surface area contributed by atoms with E-state index in [0.29, 0.717) is 40.0 Å². The maximum absolute atomic E-state index is 13.4. The number of benzene rings is 2. The van der Waals surface area contributed by atoms with Crippen molar-refractivity contribution in [2.45, 2.75) is 6.54 Å². The predicted molar refractivity (Wildman–Crippen MR) is 117 cm³/mol. The zero-order valence-corrected chi connectivity index (χ0v) is 17.9. The van der Waals surface area contributed by atoms with Crippen molar-refractivity contribution < 1.29 is 33.0 Å². The van der Waals surface area contributed by atoms with E-state index in [-0.39, 0.29) is 24.6 Å². The molecule has 0 atom stereocenters. The van der Waals surface area contributed by atoms with Crippen LogP contribution in [0.25, 0.3) is 5.57 Å². The molecule has 0 saturated heterocycles. The van der Waals surface area contributed by atoms with Crippen LogP contribution in [0, 0.1) is 0 Å². The molecular formula is C24H20N2O7. The van der Waals surface area contributed by atoms with Crippen LogP contribution in [0.1, 0.15) is 11.3 Å². The van der Waals surface area contributed by atoms with Gasteiger partial charge in [0.2, 0.25) is 6.79 Å². The van der Waals surface area contributed by atoms with Crippen LogP contribution in [-0.2, 0) is 16.1 Å². The van der Waals surface area contributed by atoms with Gasteiger partial charge in [-0.25, -0.2) is 0 Å². The number of amides is 2. The number of rotatable bonds is 7. The summed E-state index contributed by atoms with van der Waals surface area (Å²) in [7, 11) is 3.03. The number of anilines is 1. The van der Waals surface area contributed by atoms with E-state index in [4.69, 9.17) is 23.4 Å². The molecule has 1 aromatic heterocycles. The van der Waals surface area contributed by atoms with Gasteiger partial charge in [0.1, 0.15) is 11.5 Å². The molecule has 168 valence electrons. The zero-order valence-electron chi connectivity index (χ0n) is 17.9. The average molecular weight is 448 g/mol. The minimum absolute atomic E-state index is 0.00771. The molecule has 2 aliphatic rings. The van der Waals surface area contributed by atoms with Crippen LogP contribution in [0.5, 0.6) is 23.0 Å². The second-order valence-corrected chi connectivity index (χ2v) is 7.29. The van der Waals surface area contributed by atoms with Crippen molar-refractivity contribution in [2.24, 2.45) is 0 Å². The first-order chi connectivity index (χ1) is 16.1. The summed E-state index contributed by atoms with van der Waals surface area (Å²) in [4.78, 5) is 27.9. The van der Waals surface area contributed by atoms with Crippen LogP contribution in [0.15, 0.2) is 64.9 Å². The van der Waals surface area contributed by atoms with Gasteiger partial charge >= 0.3 is 0 Å². The molecule has 2 amide bonds. The molecule has 0 saturated carbocycles. The maximum atomic E-state index is 13.4. The highest BCUT2D eigenvalue weighted by Gasteiger charge is 2.40. The van der Waals surface area contributed by atoms with Crippen molar-refractivity contribution in [1.29, 1.82) is 0 Å². The van der Waals surface area contributed by atoms with Crippen molar-refractivity contribution >= 4 is 23.1 Å². The van der Waals surface area contributed by atoms with E-state index in [2.05, 4.69) is 5.32 Å². The Kier molecular flexibility index (Phi) is 5.14. The van der Waals surface area contributed by atoms with Gasteiger partial charge in [-0.3, -0.25) is 14.5 Å². The van der Waals surface area contributed by atoms with Gasteiger partial charge in [-0.2, -0.15) is 0 Å². The van der Waals surface area contributed by atoms with Crippen LogP contribution in [0.2, 0.25) is 0 Å². The zero-order chi connectivity index (χ0) is 22.9. The van der Waals surface area contributed by atoms with Crippen molar-refractivity contribution in [3.63, 3.8) is 0 Å². The van der Waals surface area contributed by atoms with Crippen molar-refractivity contribution in [3.8, 4) is 23.0 Å². The summed E-state index contributed by atoms with van der Waals surface area (Å²) < 4.78 is 26.8. The number of furan rings is 1. The standard InChI is InChI=1S/C24H20N2O7/c1-29-17-7-5-14(10-19(17)30-2)21-22(25-15-6-8-18-20(11-15)33-13-32-18)24(28)26(23(21)27)12-16-4-3-9-31-16/h3-11,25H,12-13H2,1-2H3. The fourth-order valence-corrected chi connectivity index (χ4v) is 3.77. The maximum Gasteiger partial charge on any atom is 0.278 e. The molecule has 9 heteroatoms. The Morgan fingerprint density at radius 1 is 0.939 bits per heavy atom. The summed E-state index contributed by atoms with van der Waals surface area (Å²) >= 11 is 0. The average Bonchev–Trinajstić information content (AvgIpc) is 3.56. The normalized spacial score (nSPS) is 14.8.